The Morgan fingerprint density at radius 2 is 1.88 bits per heavy atom. The van der Waals surface area contributed by atoms with Crippen LogP contribution in [-0.4, -0.2) is 60.0 Å². The van der Waals surface area contributed by atoms with E-state index >= 15 is 0 Å². The minimum Gasteiger partial charge on any atom is -0.379 e. The minimum absolute atomic E-state index is 0.178. The molecular formula is C26H31N7O. The highest BCUT2D eigenvalue weighted by Gasteiger charge is 2.44. The van der Waals surface area contributed by atoms with Gasteiger partial charge in [-0.05, 0) is 50.1 Å². The van der Waals surface area contributed by atoms with Crippen LogP contribution in [0.1, 0.15) is 35.5 Å². The summed E-state index contributed by atoms with van der Waals surface area (Å²) in [7, 11) is 0. The van der Waals surface area contributed by atoms with Crippen molar-refractivity contribution in [3.8, 4) is 6.07 Å². The van der Waals surface area contributed by atoms with Gasteiger partial charge < -0.3 is 20.7 Å². The Morgan fingerprint density at radius 3 is 2.62 bits per heavy atom. The lowest BCUT2D eigenvalue weighted by Gasteiger charge is -2.56. The molecule has 2 saturated heterocycles. The van der Waals surface area contributed by atoms with E-state index in [4.69, 9.17) is 10.5 Å². The summed E-state index contributed by atoms with van der Waals surface area (Å²) in [6.45, 7) is 11.8. The van der Waals surface area contributed by atoms with Crippen molar-refractivity contribution in [3.63, 3.8) is 0 Å². The first-order chi connectivity index (χ1) is 16.4. The van der Waals surface area contributed by atoms with Crippen molar-refractivity contribution in [2.75, 3.05) is 49.6 Å². The molecule has 176 valence electrons. The monoisotopic (exact) mass is 457 g/mol. The van der Waals surface area contributed by atoms with Gasteiger partial charge in [-0.3, -0.25) is 4.90 Å². The number of nitriles is 1. The fraction of sp³-hybridized carbons (Fsp3) is 0.423. The maximum Gasteiger partial charge on any atom is 0.158 e. The molecule has 0 aliphatic carbocycles. The van der Waals surface area contributed by atoms with Crippen molar-refractivity contribution in [2.45, 2.75) is 32.5 Å². The third-order valence-electron chi connectivity index (χ3n) is 7.27. The molecule has 0 saturated carbocycles. The first-order valence-electron chi connectivity index (χ1n) is 11.8. The number of hydrogen-bond donors (Lipinski definition) is 2. The molecule has 2 aliphatic heterocycles. The van der Waals surface area contributed by atoms with Gasteiger partial charge in [-0.25, -0.2) is 0 Å². The molecule has 1 aromatic heterocycles. The Morgan fingerprint density at radius 1 is 1.12 bits per heavy atom. The number of benzene rings is 2. The molecular weight excluding hydrogens is 426 g/mol. The van der Waals surface area contributed by atoms with E-state index in [9.17, 15) is 5.26 Å². The first-order valence-corrected chi connectivity index (χ1v) is 11.8. The molecule has 0 bridgehead atoms. The summed E-state index contributed by atoms with van der Waals surface area (Å²) in [6, 6.07) is 14.3. The zero-order valence-electron chi connectivity index (χ0n) is 20.0. The average molecular weight is 458 g/mol. The highest BCUT2D eigenvalue weighted by Crippen LogP contribution is 2.36. The lowest BCUT2D eigenvalue weighted by molar-refractivity contribution is -0.0265. The maximum absolute atomic E-state index is 9.37. The normalized spacial score (nSPS) is 18.9. The van der Waals surface area contributed by atoms with E-state index in [2.05, 4.69) is 56.5 Å². The van der Waals surface area contributed by atoms with Crippen molar-refractivity contribution < 1.29 is 4.74 Å². The highest BCUT2D eigenvalue weighted by molar-refractivity contribution is 5.95. The Kier molecular flexibility index (Phi) is 5.86. The predicted octanol–water partition coefficient (Wildman–Crippen LogP) is 3.10. The van der Waals surface area contributed by atoms with Gasteiger partial charge >= 0.3 is 0 Å². The summed E-state index contributed by atoms with van der Waals surface area (Å²) in [4.78, 5) is 4.96. The molecule has 0 spiro atoms. The zero-order valence-corrected chi connectivity index (χ0v) is 20.0. The van der Waals surface area contributed by atoms with Gasteiger partial charge in [-0.2, -0.15) is 10.4 Å². The van der Waals surface area contributed by atoms with Crippen molar-refractivity contribution in [3.05, 3.63) is 58.8 Å². The number of morpholine rings is 1. The third kappa shape index (κ3) is 3.96. The molecule has 0 amide bonds. The van der Waals surface area contributed by atoms with Crippen LogP contribution in [0.5, 0.6) is 0 Å². The molecule has 3 heterocycles. The van der Waals surface area contributed by atoms with E-state index < -0.39 is 6.17 Å². The second-order valence-corrected chi connectivity index (χ2v) is 9.57. The molecule has 8 nitrogen and oxygen atoms in total. The fourth-order valence-corrected chi connectivity index (χ4v) is 5.18. The second-order valence-electron chi connectivity index (χ2n) is 9.57. The van der Waals surface area contributed by atoms with Gasteiger partial charge in [0.15, 0.2) is 5.82 Å². The van der Waals surface area contributed by atoms with Crippen molar-refractivity contribution >= 4 is 22.3 Å². The Balaban J connectivity index is 1.41. The van der Waals surface area contributed by atoms with Gasteiger partial charge in [0.05, 0.1) is 36.1 Å². The Hall–Kier alpha value is -3.25. The number of aryl methyl sites for hydroxylation is 1. The second kappa shape index (κ2) is 8.84. The fourth-order valence-electron chi connectivity index (χ4n) is 5.18. The molecule has 0 unspecified atom stereocenters. The molecule has 2 aromatic carbocycles. The van der Waals surface area contributed by atoms with Crippen LogP contribution in [0.2, 0.25) is 0 Å². The molecule has 1 atom stereocenters. The van der Waals surface area contributed by atoms with Crippen LogP contribution >= 0.6 is 0 Å². The number of anilines is 2. The van der Waals surface area contributed by atoms with Crippen LogP contribution in [0.15, 0.2) is 36.4 Å². The standard InChI is InChI=1S/C26H31N7O/c1-17-19(14-27)5-4-6-21(17)24(28)29-25-23-13-20(7-8-22(23)18(2)30-31-25)32-15-26(3,16-32)33-9-11-34-12-10-33/h4-8,13,24H,9-12,15-16,28H2,1-3H3,(H,29,31)/t24-/m0/s1. The van der Waals surface area contributed by atoms with E-state index in [-0.39, 0.29) is 5.54 Å². The topological polar surface area (TPSA) is 103 Å². The number of aromatic nitrogens is 2. The summed E-state index contributed by atoms with van der Waals surface area (Å²) < 4.78 is 5.53. The maximum atomic E-state index is 9.37. The minimum atomic E-state index is -0.509. The molecule has 0 radical (unpaired) electrons. The SMILES string of the molecule is Cc1c(C#N)cccc1[C@@H](N)Nc1nnc(C)c2ccc(N3CC(C)(N4CCOCC4)C3)cc12. The average Bonchev–Trinajstić information content (AvgIpc) is 2.84. The van der Waals surface area contributed by atoms with Gasteiger partial charge in [-0.1, -0.05) is 18.2 Å². The van der Waals surface area contributed by atoms with E-state index in [1.54, 1.807) is 6.07 Å². The van der Waals surface area contributed by atoms with Crippen LogP contribution in [0.25, 0.3) is 10.8 Å². The number of nitrogens with two attached hydrogens (primary N) is 1. The molecule has 8 heteroatoms. The van der Waals surface area contributed by atoms with Crippen LogP contribution in [-0.2, 0) is 4.74 Å². The van der Waals surface area contributed by atoms with Gasteiger partial charge in [0.2, 0.25) is 0 Å². The molecule has 5 rings (SSSR count). The van der Waals surface area contributed by atoms with E-state index in [0.717, 1.165) is 67.0 Å². The van der Waals surface area contributed by atoms with E-state index in [0.29, 0.717) is 11.4 Å². The van der Waals surface area contributed by atoms with Gasteiger partial charge in [-0.15, -0.1) is 5.10 Å². The molecule has 34 heavy (non-hydrogen) atoms. The predicted molar refractivity (Wildman–Crippen MR) is 134 cm³/mol. The quantitative estimate of drug-likeness (QED) is 0.564. The van der Waals surface area contributed by atoms with Crippen molar-refractivity contribution in [2.24, 2.45) is 5.73 Å². The Labute approximate surface area is 200 Å². The summed E-state index contributed by atoms with van der Waals surface area (Å²) in [5.41, 5.74) is 11.1. The third-order valence-corrected chi connectivity index (χ3v) is 7.27. The van der Waals surface area contributed by atoms with Gasteiger partial charge in [0, 0.05) is 42.6 Å². The summed E-state index contributed by atoms with van der Waals surface area (Å²) in [5, 5.41) is 23.6. The summed E-state index contributed by atoms with van der Waals surface area (Å²) in [6.07, 6.45) is -0.509. The summed E-state index contributed by atoms with van der Waals surface area (Å²) in [5.74, 6) is 0.646. The van der Waals surface area contributed by atoms with E-state index in [1.807, 2.05) is 26.0 Å². The number of hydrogen-bond acceptors (Lipinski definition) is 8. The number of fused-ring (bicyclic) bond motifs is 1. The van der Waals surface area contributed by atoms with Crippen LogP contribution < -0.4 is 16.0 Å². The lowest BCUT2D eigenvalue weighted by atomic mass is 9.88. The zero-order chi connectivity index (χ0) is 23.9. The first kappa shape index (κ1) is 22.5. The number of nitrogens with zero attached hydrogens (tertiary/aromatic N) is 5. The van der Waals surface area contributed by atoms with Gasteiger partial charge in [0.1, 0.15) is 6.17 Å². The largest absolute Gasteiger partial charge is 0.379 e. The smallest absolute Gasteiger partial charge is 0.158 e. The highest BCUT2D eigenvalue weighted by atomic mass is 16.5. The van der Waals surface area contributed by atoms with Crippen molar-refractivity contribution in [1.29, 1.82) is 5.26 Å². The molecule has 3 aromatic rings. The number of rotatable bonds is 5. The van der Waals surface area contributed by atoms with Crippen molar-refractivity contribution in [1.82, 2.24) is 15.1 Å². The van der Waals surface area contributed by atoms with Gasteiger partial charge in [0.25, 0.3) is 0 Å². The number of nitrogens with one attached hydrogen (secondary N) is 1. The van der Waals surface area contributed by atoms with Crippen LogP contribution in [0, 0.1) is 25.2 Å². The Bertz CT molecular complexity index is 1260. The molecule has 2 aliphatic rings. The molecule has 3 N–H and O–H groups in total. The lowest BCUT2D eigenvalue weighted by Crippen LogP contribution is -2.70. The van der Waals surface area contributed by atoms with Crippen LogP contribution in [0.3, 0.4) is 0 Å². The number of ether oxygens (including phenoxy) is 1. The summed E-state index contributed by atoms with van der Waals surface area (Å²) >= 11 is 0. The van der Waals surface area contributed by atoms with E-state index in [1.165, 1.54) is 5.69 Å². The van der Waals surface area contributed by atoms with Crippen LogP contribution in [0.4, 0.5) is 11.5 Å². The molecule has 2 fully saturated rings.